The molecule has 3 aromatic rings. The number of nitrogens with zero attached hydrogens (tertiary/aromatic N) is 2. The zero-order chi connectivity index (χ0) is 25.6. The van der Waals surface area contributed by atoms with Crippen molar-refractivity contribution >= 4 is 45.7 Å². The average Bonchev–Trinajstić information content (AvgIpc) is 3.28. The quantitative estimate of drug-likeness (QED) is 0.307. The van der Waals surface area contributed by atoms with Crippen LogP contribution in [-0.4, -0.2) is 49.1 Å². The normalized spacial score (nSPS) is 11.0. The largest absolute Gasteiger partial charge is 0.493 e. The number of rotatable bonds is 9. The van der Waals surface area contributed by atoms with Crippen LogP contribution in [0.25, 0.3) is 0 Å². The molecule has 1 heterocycles. The van der Waals surface area contributed by atoms with Crippen LogP contribution in [0.2, 0.25) is 0 Å². The molecule has 9 nitrogen and oxygen atoms in total. The average molecular weight is 529 g/mol. The lowest BCUT2D eigenvalue weighted by Gasteiger charge is -2.13. The SMILES string of the molecule is COc1cc(C(=O)Nc2nnc(SCC(=O)Nc3ccccc3C(F)(F)F)s2)cc(OC)c1OC. The number of hydrogen-bond donors (Lipinski definition) is 2. The van der Waals surface area contributed by atoms with Gasteiger partial charge in [-0.05, 0) is 24.3 Å². The van der Waals surface area contributed by atoms with E-state index in [4.69, 9.17) is 14.2 Å². The number of ether oxygens (including phenoxy) is 3. The Balaban J connectivity index is 1.62. The molecule has 0 radical (unpaired) electrons. The molecule has 0 saturated carbocycles. The van der Waals surface area contributed by atoms with Gasteiger partial charge in [0, 0.05) is 5.56 Å². The van der Waals surface area contributed by atoms with Crippen LogP contribution < -0.4 is 24.8 Å². The van der Waals surface area contributed by atoms with Gasteiger partial charge in [-0.1, -0.05) is 35.2 Å². The number of para-hydroxylation sites is 1. The lowest BCUT2D eigenvalue weighted by atomic mass is 10.1. The Hall–Kier alpha value is -3.52. The smallest absolute Gasteiger partial charge is 0.418 e. The minimum atomic E-state index is -4.60. The number of aromatic nitrogens is 2. The number of benzene rings is 2. The number of thioether (sulfide) groups is 1. The summed E-state index contributed by atoms with van der Waals surface area (Å²) in [6.07, 6.45) is -4.60. The Morgan fingerprint density at radius 2 is 1.66 bits per heavy atom. The second-order valence-corrected chi connectivity index (χ2v) is 8.82. The number of methoxy groups -OCH3 is 3. The Kier molecular flexibility index (Phi) is 8.40. The first-order chi connectivity index (χ1) is 16.7. The number of hydrogen-bond acceptors (Lipinski definition) is 9. The van der Waals surface area contributed by atoms with E-state index in [1.165, 1.54) is 51.7 Å². The number of amides is 2. The molecule has 0 aliphatic heterocycles. The molecule has 186 valence electrons. The molecule has 3 rings (SSSR count). The van der Waals surface area contributed by atoms with Crippen LogP contribution in [0.3, 0.4) is 0 Å². The first-order valence-corrected chi connectivity index (χ1v) is 11.5. The molecule has 2 amide bonds. The molecule has 0 fully saturated rings. The molecule has 0 unspecified atom stereocenters. The summed E-state index contributed by atoms with van der Waals surface area (Å²) < 4.78 is 55.3. The van der Waals surface area contributed by atoms with E-state index in [-0.39, 0.29) is 22.1 Å². The number of carbonyl (C=O) groups is 2. The fourth-order valence-corrected chi connectivity index (χ4v) is 4.40. The molecule has 2 aromatic carbocycles. The third kappa shape index (κ3) is 6.54. The van der Waals surface area contributed by atoms with Gasteiger partial charge in [-0.3, -0.25) is 14.9 Å². The zero-order valence-corrected chi connectivity index (χ0v) is 20.2. The maximum Gasteiger partial charge on any atom is 0.418 e. The summed E-state index contributed by atoms with van der Waals surface area (Å²) in [6, 6.07) is 7.63. The first kappa shape index (κ1) is 26.1. The van der Waals surface area contributed by atoms with Crippen molar-refractivity contribution in [3.8, 4) is 17.2 Å². The van der Waals surface area contributed by atoms with E-state index in [2.05, 4.69) is 20.8 Å². The number of carbonyl (C=O) groups excluding carboxylic acids is 2. The molecule has 0 spiro atoms. The van der Waals surface area contributed by atoms with Crippen molar-refractivity contribution in [1.82, 2.24) is 10.2 Å². The van der Waals surface area contributed by atoms with Gasteiger partial charge >= 0.3 is 6.18 Å². The fourth-order valence-electron chi connectivity index (χ4n) is 2.85. The van der Waals surface area contributed by atoms with Crippen LogP contribution in [0.5, 0.6) is 17.2 Å². The third-order valence-corrected chi connectivity index (χ3v) is 6.36. The minimum Gasteiger partial charge on any atom is -0.493 e. The van der Waals surface area contributed by atoms with Crippen LogP contribution in [0.1, 0.15) is 15.9 Å². The molecule has 1 aromatic heterocycles. The molecule has 0 bridgehead atoms. The maximum absolute atomic E-state index is 13.1. The van der Waals surface area contributed by atoms with E-state index in [9.17, 15) is 22.8 Å². The van der Waals surface area contributed by atoms with Gasteiger partial charge in [-0.2, -0.15) is 13.2 Å². The standard InChI is InChI=1S/C21H19F3N4O5S2/c1-31-14-8-11(9-15(32-2)17(14)33-3)18(30)26-19-27-28-20(35-19)34-10-16(29)25-13-7-5-4-6-12(13)21(22,23)24/h4-9H,10H2,1-3H3,(H,25,29)(H,26,27,30). The van der Waals surface area contributed by atoms with Gasteiger partial charge in [0.05, 0.1) is 38.3 Å². The predicted octanol–water partition coefficient (Wildman–Crippen LogP) is 4.57. The molecular weight excluding hydrogens is 509 g/mol. The Labute approximate surface area is 206 Å². The molecule has 0 aliphatic rings. The van der Waals surface area contributed by atoms with Crippen LogP contribution in [-0.2, 0) is 11.0 Å². The van der Waals surface area contributed by atoms with E-state index in [0.717, 1.165) is 29.2 Å². The first-order valence-electron chi connectivity index (χ1n) is 9.70. The van der Waals surface area contributed by atoms with Crippen molar-refractivity contribution in [3.05, 3.63) is 47.5 Å². The topological polar surface area (TPSA) is 112 Å². The van der Waals surface area contributed by atoms with Crippen molar-refractivity contribution in [2.24, 2.45) is 0 Å². The van der Waals surface area contributed by atoms with Gasteiger partial charge in [-0.15, -0.1) is 10.2 Å². The van der Waals surface area contributed by atoms with Gasteiger partial charge in [0.1, 0.15) is 0 Å². The van der Waals surface area contributed by atoms with Crippen molar-refractivity contribution in [3.63, 3.8) is 0 Å². The predicted molar refractivity (Wildman–Crippen MR) is 125 cm³/mol. The van der Waals surface area contributed by atoms with Crippen molar-refractivity contribution in [2.75, 3.05) is 37.7 Å². The van der Waals surface area contributed by atoms with E-state index in [0.29, 0.717) is 21.6 Å². The summed E-state index contributed by atoms with van der Waals surface area (Å²) in [5.41, 5.74) is -1.06. The van der Waals surface area contributed by atoms with E-state index >= 15 is 0 Å². The lowest BCUT2D eigenvalue weighted by molar-refractivity contribution is -0.137. The van der Waals surface area contributed by atoms with E-state index in [1.54, 1.807) is 0 Å². The molecule has 0 saturated heterocycles. The molecular formula is C21H19F3N4O5S2. The van der Waals surface area contributed by atoms with Crippen LogP contribution in [0, 0.1) is 0 Å². The third-order valence-electron chi connectivity index (χ3n) is 4.39. The van der Waals surface area contributed by atoms with Gasteiger partial charge in [0.2, 0.25) is 16.8 Å². The Bertz CT molecular complexity index is 1190. The van der Waals surface area contributed by atoms with Crippen LogP contribution >= 0.6 is 23.1 Å². The second-order valence-electron chi connectivity index (χ2n) is 6.62. The highest BCUT2D eigenvalue weighted by Gasteiger charge is 2.33. The summed E-state index contributed by atoms with van der Waals surface area (Å²) in [4.78, 5) is 24.8. The Morgan fingerprint density at radius 1 is 1.00 bits per heavy atom. The molecule has 0 atom stereocenters. The summed E-state index contributed by atoms with van der Waals surface area (Å²) in [6.45, 7) is 0. The molecule has 14 heteroatoms. The van der Waals surface area contributed by atoms with E-state index < -0.39 is 23.6 Å². The Morgan fingerprint density at radius 3 is 2.26 bits per heavy atom. The van der Waals surface area contributed by atoms with Gasteiger partial charge in [0.25, 0.3) is 5.91 Å². The highest BCUT2D eigenvalue weighted by atomic mass is 32.2. The van der Waals surface area contributed by atoms with Gasteiger partial charge in [0.15, 0.2) is 15.8 Å². The highest BCUT2D eigenvalue weighted by molar-refractivity contribution is 8.01. The minimum absolute atomic E-state index is 0.161. The fraction of sp³-hybridized carbons (Fsp3) is 0.238. The number of nitrogens with one attached hydrogen (secondary N) is 2. The summed E-state index contributed by atoms with van der Waals surface area (Å²) in [7, 11) is 4.28. The summed E-state index contributed by atoms with van der Waals surface area (Å²) >= 11 is 1.97. The zero-order valence-electron chi connectivity index (χ0n) is 18.6. The van der Waals surface area contributed by atoms with Crippen molar-refractivity contribution in [2.45, 2.75) is 10.5 Å². The summed E-state index contributed by atoms with van der Waals surface area (Å²) in [5, 5.41) is 12.7. The lowest BCUT2D eigenvalue weighted by Crippen LogP contribution is -2.18. The molecule has 2 N–H and O–H groups in total. The van der Waals surface area contributed by atoms with Crippen LogP contribution in [0.15, 0.2) is 40.7 Å². The number of alkyl halides is 3. The summed E-state index contributed by atoms with van der Waals surface area (Å²) in [5.74, 6) is -0.449. The highest BCUT2D eigenvalue weighted by Crippen LogP contribution is 2.38. The number of halogens is 3. The van der Waals surface area contributed by atoms with Crippen molar-refractivity contribution in [1.29, 1.82) is 0 Å². The van der Waals surface area contributed by atoms with Crippen molar-refractivity contribution < 1.29 is 37.0 Å². The molecule has 35 heavy (non-hydrogen) atoms. The monoisotopic (exact) mass is 528 g/mol. The van der Waals surface area contributed by atoms with Gasteiger partial charge < -0.3 is 19.5 Å². The maximum atomic E-state index is 13.1. The van der Waals surface area contributed by atoms with Crippen LogP contribution in [0.4, 0.5) is 24.0 Å². The second kappa shape index (κ2) is 11.3. The van der Waals surface area contributed by atoms with Gasteiger partial charge in [-0.25, -0.2) is 0 Å². The van der Waals surface area contributed by atoms with E-state index in [1.807, 2.05) is 0 Å². The molecule has 0 aliphatic carbocycles. The number of anilines is 2.